The van der Waals surface area contributed by atoms with Gasteiger partial charge in [0.2, 0.25) is 11.8 Å². The van der Waals surface area contributed by atoms with Crippen LogP contribution < -0.4 is 10.6 Å². The number of nitrogens with one attached hydrogen (secondary N) is 2. The predicted molar refractivity (Wildman–Crippen MR) is 68.8 cm³/mol. The molecule has 116 valence electrons. The number of rotatable bonds is 5. The van der Waals surface area contributed by atoms with Crippen molar-refractivity contribution < 1.29 is 28.9 Å². The van der Waals surface area contributed by atoms with E-state index in [1.807, 2.05) is 0 Å². The van der Waals surface area contributed by atoms with Crippen molar-refractivity contribution in [1.29, 1.82) is 0 Å². The fraction of sp³-hybridized carbons (Fsp3) is 0.833. The minimum absolute atomic E-state index is 0.146. The smallest absolute Gasteiger partial charge is 0.217 e. The number of carbonyl (C=O) groups is 2. The molecule has 20 heavy (non-hydrogen) atoms. The second kappa shape index (κ2) is 7.53. The van der Waals surface area contributed by atoms with Gasteiger partial charge in [-0.25, -0.2) is 0 Å². The van der Waals surface area contributed by atoms with Gasteiger partial charge in [-0.1, -0.05) is 0 Å². The van der Waals surface area contributed by atoms with E-state index < -0.39 is 30.6 Å². The Labute approximate surface area is 117 Å². The van der Waals surface area contributed by atoms with Crippen molar-refractivity contribution in [2.45, 2.75) is 44.5 Å². The lowest BCUT2D eigenvalue weighted by Gasteiger charge is -2.44. The molecule has 2 amide bonds. The molecule has 0 aliphatic carbocycles. The first-order valence-electron chi connectivity index (χ1n) is 6.31. The normalized spacial score (nSPS) is 33.5. The van der Waals surface area contributed by atoms with Crippen molar-refractivity contribution in [3.63, 3.8) is 0 Å². The molecule has 1 saturated heterocycles. The number of hydrogen-bond acceptors (Lipinski definition) is 6. The van der Waals surface area contributed by atoms with Gasteiger partial charge < -0.3 is 30.0 Å². The highest BCUT2D eigenvalue weighted by Gasteiger charge is 2.46. The molecule has 0 saturated carbocycles. The summed E-state index contributed by atoms with van der Waals surface area (Å²) in [5, 5.41) is 15.2. The van der Waals surface area contributed by atoms with E-state index in [-0.39, 0.29) is 18.4 Å². The van der Waals surface area contributed by atoms with Crippen LogP contribution in [0.15, 0.2) is 0 Å². The van der Waals surface area contributed by atoms with Gasteiger partial charge in [-0.15, -0.1) is 0 Å². The molecule has 1 aliphatic rings. The molecule has 5 atom stereocenters. The number of methoxy groups -OCH3 is 2. The SMILES string of the molecule is CO[C@H]1[C@@H](NC(C)=O)[C@@H](CNC(C)=O)OC(O)[C@@H]1OC. The van der Waals surface area contributed by atoms with Crippen molar-refractivity contribution in [1.82, 2.24) is 10.6 Å². The van der Waals surface area contributed by atoms with Crippen molar-refractivity contribution in [2.75, 3.05) is 20.8 Å². The summed E-state index contributed by atoms with van der Waals surface area (Å²) in [6, 6.07) is -0.544. The third-order valence-corrected chi connectivity index (χ3v) is 3.14. The molecule has 1 heterocycles. The van der Waals surface area contributed by atoms with E-state index >= 15 is 0 Å². The van der Waals surface area contributed by atoms with E-state index in [4.69, 9.17) is 14.2 Å². The summed E-state index contributed by atoms with van der Waals surface area (Å²) in [6.07, 6.45) is -3.14. The second-order valence-corrected chi connectivity index (χ2v) is 4.63. The van der Waals surface area contributed by atoms with Gasteiger partial charge in [0, 0.05) is 34.6 Å². The Morgan fingerprint density at radius 3 is 2.20 bits per heavy atom. The van der Waals surface area contributed by atoms with E-state index in [9.17, 15) is 14.7 Å². The van der Waals surface area contributed by atoms with E-state index in [2.05, 4.69) is 10.6 Å². The molecule has 1 unspecified atom stereocenters. The number of aliphatic hydroxyl groups excluding tert-OH is 1. The summed E-state index contributed by atoms with van der Waals surface area (Å²) in [5.41, 5.74) is 0. The number of hydrogen-bond donors (Lipinski definition) is 3. The largest absolute Gasteiger partial charge is 0.376 e. The zero-order chi connectivity index (χ0) is 15.3. The predicted octanol–water partition coefficient (Wildman–Crippen LogP) is -1.63. The molecule has 8 nitrogen and oxygen atoms in total. The molecule has 3 N–H and O–H groups in total. The molecule has 8 heteroatoms. The van der Waals surface area contributed by atoms with E-state index in [0.717, 1.165) is 0 Å². The fourth-order valence-electron chi connectivity index (χ4n) is 2.28. The summed E-state index contributed by atoms with van der Waals surface area (Å²) in [5.74, 6) is -0.493. The van der Waals surface area contributed by atoms with Gasteiger partial charge in [0.25, 0.3) is 0 Å². The van der Waals surface area contributed by atoms with E-state index in [0.29, 0.717) is 0 Å². The Hall–Kier alpha value is -1.22. The standard InChI is InChI=1S/C12H22N2O6/c1-6(15)13-5-8-9(14-7(2)16)10(18-3)11(19-4)12(17)20-8/h8-12,17H,5H2,1-4H3,(H,13,15)(H,14,16)/t8-,9+,10+,11-,12?/m1/s1. The highest BCUT2D eigenvalue weighted by molar-refractivity contribution is 5.74. The minimum Gasteiger partial charge on any atom is -0.376 e. The number of aliphatic hydroxyl groups is 1. The van der Waals surface area contributed by atoms with Crippen LogP contribution in [0.3, 0.4) is 0 Å². The molecule has 0 bridgehead atoms. The number of amides is 2. The summed E-state index contributed by atoms with van der Waals surface area (Å²) in [7, 11) is 2.88. The van der Waals surface area contributed by atoms with Crippen LogP contribution in [0.5, 0.6) is 0 Å². The van der Waals surface area contributed by atoms with Crippen LogP contribution in [-0.4, -0.2) is 68.3 Å². The molecule has 0 aromatic rings. The summed E-state index contributed by atoms with van der Waals surface area (Å²) >= 11 is 0. The Bertz CT molecular complexity index is 351. The van der Waals surface area contributed by atoms with Crippen LogP contribution in [0.4, 0.5) is 0 Å². The summed E-state index contributed by atoms with van der Waals surface area (Å²) < 4.78 is 15.9. The molecule has 1 fully saturated rings. The molecular weight excluding hydrogens is 268 g/mol. The molecular formula is C12H22N2O6. The first-order valence-corrected chi connectivity index (χ1v) is 6.31. The van der Waals surface area contributed by atoms with Gasteiger partial charge >= 0.3 is 0 Å². The Balaban J connectivity index is 2.89. The zero-order valence-corrected chi connectivity index (χ0v) is 12.1. The average molecular weight is 290 g/mol. The van der Waals surface area contributed by atoms with Gasteiger partial charge in [-0.2, -0.15) is 0 Å². The van der Waals surface area contributed by atoms with Crippen LogP contribution >= 0.6 is 0 Å². The lowest BCUT2D eigenvalue weighted by Crippen LogP contribution is -2.66. The van der Waals surface area contributed by atoms with Crippen molar-refractivity contribution in [2.24, 2.45) is 0 Å². The first kappa shape index (κ1) is 16.8. The average Bonchev–Trinajstić information content (AvgIpc) is 2.37. The highest BCUT2D eigenvalue weighted by atomic mass is 16.7. The lowest BCUT2D eigenvalue weighted by molar-refractivity contribution is -0.266. The number of carbonyl (C=O) groups excluding carboxylic acids is 2. The maximum atomic E-state index is 11.3. The van der Waals surface area contributed by atoms with Crippen molar-refractivity contribution >= 4 is 11.8 Å². The van der Waals surface area contributed by atoms with Crippen molar-refractivity contribution in [3.05, 3.63) is 0 Å². The summed E-state index contributed by atoms with van der Waals surface area (Å²) in [4.78, 5) is 22.3. The third kappa shape index (κ3) is 4.14. The van der Waals surface area contributed by atoms with Crippen LogP contribution in [0.1, 0.15) is 13.8 Å². The molecule has 0 aromatic carbocycles. The van der Waals surface area contributed by atoms with Gasteiger partial charge in [0.1, 0.15) is 18.3 Å². The minimum atomic E-state index is -1.20. The number of ether oxygens (including phenoxy) is 3. The molecule has 0 aromatic heterocycles. The van der Waals surface area contributed by atoms with Crippen LogP contribution in [-0.2, 0) is 23.8 Å². The van der Waals surface area contributed by atoms with E-state index in [1.165, 1.54) is 28.1 Å². The van der Waals surface area contributed by atoms with Crippen LogP contribution in [0.2, 0.25) is 0 Å². The topological polar surface area (TPSA) is 106 Å². The van der Waals surface area contributed by atoms with E-state index in [1.54, 1.807) is 0 Å². The van der Waals surface area contributed by atoms with Crippen LogP contribution in [0, 0.1) is 0 Å². The Morgan fingerprint density at radius 1 is 1.15 bits per heavy atom. The van der Waals surface area contributed by atoms with Gasteiger partial charge in [-0.3, -0.25) is 9.59 Å². The van der Waals surface area contributed by atoms with Gasteiger partial charge in [0.15, 0.2) is 6.29 Å². The molecule has 1 rings (SSSR count). The molecule has 0 spiro atoms. The maximum Gasteiger partial charge on any atom is 0.217 e. The van der Waals surface area contributed by atoms with Gasteiger partial charge in [0.05, 0.1) is 6.04 Å². The molecule has 1 aliphatic heterocycles. The Morgan fingerprint density at radius 2 is 1.75 bits per heavy atom. The summed E-state index contributed by atoms with van der Waals surface area (Å²) in [6.45, 7) is 2.89. The zero-order valence-electron chi connectivity index (χ0n) is 12.1. The Kier molecular flexibility index (Phi) is 6.34. The quantitative estimate of drug-likeness (QED) is 0.561. The monoisotopic (exact) mass is 290 g/mol. The first-order chi connectivity index (χ1) is 9.40. The highest BCUT2D eigenvalue weighted by Crippen LogP contribution is 2.23. The third-order valence-electron chi connectivity index (χ3n) is 3.14. The second-order valence-electron chi connectivity index (χ2n) is 4.63. The van der Waals surface area contributed by atoms with Gasteiger partial charge in [-0.05, 0) is 0 Å². The van der Waals surface area contributed by atoms with Crippen LogP contribution in [0.25, 0.3) is 0 Å². The maximum absolute atomic E-state index is 11.3. The van der Waals surface area contributed by atoms with Crippen molar-refractivity contribution in [3.8, 4) is 0 Å². The molecule has 0 radical (unpaired) electrons. The fourth-order valence-corrected chi connectivity index (χ4v) is 2.28. The lowest BCUT2D eigenvalue weighted by atomic mass is 9.95.